The van der Waals surface area contributed by atoms with Crippen molar-refractivity contribution in [1.29, 1.82) is 0 Å². The van der Waals surface area contributed by atoms with Gasteiger partial charge in [-0.3, -0.25) is 4.74 Å². The molecule has 5 aliphatic heterocycles. The van der Waals surface area contributed by atoms with E-state index in [0.29, 0.717) is 19.4 Å². The summed E-state index contributed by atoms with van der Waals surface area (Å²) in [5, 5.41) is 1.79. The van der Waals surface area contributed by atoms with Gasteiger partial charge in [0.1, 0.15) is 24.4 Å². The SMILES string of the molecule is CC(C)[C@H]1[C@H](C)[C@]2(ON1[C@@H]1O[C@@H]([C@H]3COC(C)(C)O3)[C@H]3OC(C)(C)O[C@H]31)OC1(CCCCC1)OC2=O. The van der Waals surface area contributed by atoms with Crippen LogP contribution in [0, 0.1) is 11.8 Å². The molecule has 2 spiro atoms. The highest BCUT2D eigenvalue weighted by molar-refractivity contribution is 5.80. The van der Waals surface area contributed by atoms with Crippen molar-refractivity contribution >= 4 is 5.97 Å². The third-order valence-corrected chi connectivity index (χ3v) is 8.56. The van der Waals surface area contributed by atoms with Crippen molar-refractivity contribution in [3.63, 3.8) is 0 Å². The molecule has 1 saturated carbocycles. The molecule has 6 aliphatic rings. The molecule has 0 N–H and O–H groups in total. The fraction of sp³-hybridized carbons (Fsp3) is 0.962. The molecule has 0 bridgehead atoms. The molecule has 0 aromatic heterocycles. The van der Waals surface area contributed by atoms with Crippen molar-refractivity contribution in [2.45, 2.75) is 140 Å². The van der Waals surface area contributed by atoms with Crippen LogP contribution < -0.4 is 0 Å². The predicted molar refractivity (Wildman–Crippen MR) is 124 cm³/mol. The number of rotatable bonds is 3. The molecule has 6 fully saturated rings. The Balaban J connectivity index is 1.31. The van der Waals surface area contributed by atoms with Crippen LogP contribution in [0.3, 0.4) is 0 Å². The second kappa shape index (κ2) is 8.32. The second-order valence-corrected chi connectivity index (χ2v) is 12.5. The first kappa shape index (κ1) is 25.4. The van der Waals surface area contributed by atoms with E-state index in [2.05, 4.69) is 13.8 Å². The Morgan fingerprint density at radius 2 is 1.61 bits per heavy atom. The highest BCUT2D eigenvalue weighted by Gasteiger charge is 2.72. The van der Waals surface area contributed by atoms with Gasteiger partial charge in [0.05, 0.1) is 6.61 Å². The molecule has 204 valence electrons. The van der Waals surface area contributed by atoms with Crippen molar-refractivity contribution in [1.82, 2.24) is 5.06 Å². The van der Waals surface area contributed by atoms with Crippen molar-refractivity contribution in [2.75, 3.05) is 6.61 Å². The molecule has 5 heterocycles. The molecular formula is C26H41NO9. The summed E-state index contributed by atoms with van der Waals surface area (Å²) in [6, 6.07) is -0.176. The highest BCUT2D eigenvalue weighted by atomic mass is 16.9. The molecule has 36 heavy (non-hydrogen) atoms. The normalized spacial score (nSPS) is 47.3. The molecule has 8 atom stereocenters. The minimum absolute atomic E-state index is 0.139. The number of carbonyl (C=O) groups excluding carboxylic acids is 1. The summed E-state index contributed by atoms with van der Waals surface area (Å²) < 4.78 is 43.8. The van der Waals surface area contributed by atoms with Gasteiger partial charge in [-0.15, -0.1) is 5.06 Å². The third kappa shape index (κ3) is 3.87. The first-order valence-electron chi connectivity index (χ1n) is 13.6. The van der Waals surface area contributed by atoms with Crippen LogP contribution in [0.4, 0.5) is 0 Å². The molecule has 0 radical (unpaired) electrons. The lowest BCUT2D eigenvalue weighted by Gasteiger charge is -2.34. The van der Waals surface area contributed by atoms with E-state index in [9.17, 15) is 4.79 Å². The lowest BCUT2D eigenvalue weighted by Crippen LogP contribution is -2.48. The first-order chi connectivity index (χ1) is 16.9. The predicted octanol–water partition coefficient (Wildman–Crippen LogP) is 3.22. The molecule has 5 saturated heterocycles. The zero-order valence-electron chi connectivity index (χ0n) is 22.5. The summed E-state index contributed by atoms with van der Waals surface area (Å²) in [5.74, 6) is -4.50. The number of esters is 1. The zero-order valence-corrected chi connectivity index (χ0v) is 22.5. The monoisotopic (exact) mass is 511 g/mol. The van der Waals surface area contributed by atoms with E-state index in [0.717, 1.165) is 19.3 Å². The number of fused-ring (bicyclic) bond motifs is 1. The largest absolute Gasteiger partial charge is 0.429 e. The lowest BCUT2D eigenvalue weighted by molar-refractivity contribution is -0.358. The van der Waals surface area contributed by atoms with E-state index in [1.807, 2.05) is 34.6 Å². The lowest BCUT2D eigenvalue weighted by atomic mass is 9.86. The topological polar surface area (TPSA) is 94.2 Å². The Kier molecular flexibility index (Phi) is 5.88. The van der Waals surface area contributed by atoms with Crippen molar-refractivity contribution in [2.24, 2.45) is 11.8 Å². The van der Waals surface area contributed by atoms with E-state index < -0.39 is 47.6 Å². The zero-order chi connectivity index (χ0) is 25.7. The van der Waals surface area contributed by atoms with E-state index in [4.69, 9.17) is 38.0 Å². The Labute approximate surface area is 213 Å². The molecule has 0 aromatic carbocycles. The minimum atomic E-state index is -1.51. The van der Waals surface area contributed by atoms with Gasteiger partial charge in [0.15, 0.2) is 17.8 Å². The Morgan fingerprint density at radius 1 is 0.917 bits per heavy atom. The average molecular weight is 512 g/mol. The van der Waals surface area contributed by atoms with Crippen LogP contribution in [0.2, 0.25) is 0 Å². The maximum Gasteiger partial charge on any atom is 0.371 e. The van der Waals surface area contributed by atoms with Gasteiger partial charge >= 0.3 is 5.97 Å². The summed E-state index contributed by atoms with van der Waals surface area (Å²) in [6.45, 7) is 14.2. The highest BCUT2D eigenvalue weighted by Crippen LogP contribution is 2.54. The number of hydroxylamine groups is 2. The molecule has 1 aliphatic carbocycles. The molecular weight excluding hydrogens is 470 g/mol. The maximum atomic E-state index is 13.5. The summed E-state index contributed by atoms with van der Waals surface area (Å²) in [5.41, 5.74) is 0. The van der Waals surface area contributed by atoms with E-state index >= 15 is 0 Å². The van der Waals surface area contributed by atoms with E-state index in [1.165, 1.54) is 0 Å². The fourth-order valence-electron chi connectivity index (χ4n) is 7.04. The second-order valence-electron chi connectivity index (χ2n) is 12.5. The number of carbonyl (C=O) groups is 1. The van der Waals surface area contributed by atoms with Gasteiger partial charge in [0.25, 0.3) is 5.79 Å². The Hall–Kier alpha value is -0.850. The summed E-state index contributed by atoms with van der Waals surface area (Å²) in [6.07, 6.45) is 2.24. The number of nitrogens with zero attached hydrogens (tertiary/aromatic N) is 1. The van der Waals surface area contributed by atoms with Crippen LogP contribution in [0.5, 0.6) is 0 Å². The third-order valence-electron chi connectivity index (χ3n) is 8.56. The summed E-state index contributed by atoms with van der Waals surface area (Å²) in [7, 11) is 0. The molecule has 0 unspecified atom stereocenters. The standard InChI is InChI=1S/C26H41NO9/c1-14(2)17-15(3)26(22(28)34-25(35-26)11-9-8-10-12-25)36-27(17)21-20-19(32-24(6,7)33-20)18(30-21)16-13-29-23(4,5)31-16/h14-21H,8-13H2,1-7H3/t15-,16+,17-,18-,19+,20+,21+,26+/m0/s1. The quantitative estimate of drug-likeness (QED) is 0.526. The van der Waals surface area contributed by atoms with Gasteiger partial charge in [-0.05, 0) is 46.5 Å². The van der Waals surface area contributed by atoms with Crippen LogP contribution in [-0.2, 0) is 42.8 Å². The smallest absolute Gasteiger partial charge is 0.371 e. The molecule has 6 rings (SSSR count). The summed E-state index contributed by atoms with van der Waals surface area (Å²) >= 11 is 0. The summed E-state index contributed by atoms with van der Waals surface area (Å²) in [4.78, 5) is 20.0. The first-order valence-corrected chi connectivity index (χ1v) is 13.6. The van der Waals surface area contributed by atoms with Crippen LogP contribution in [-0.4, -0.2) is 77.5 Å². The minimum Gasteiger partial charge on any atom is -0.429 e. The van der Waals surface area contributed by atoms with Crippen LogP contribution in [0.25, 0.3) is 0 Å². The Bertz CT molecular complexity index is 887. The van der Waals surface area contributed by atoms with E-state index in [1.54, 1.807) is 5.06 Å². The fourth-order valence-corrected chi connectivity index (χ4v) is 7.04. The van der Waals surface area contributed by atoms with Crippen LogP contribution >= 0.6 is 0 Å². The molecule has 0 aromatic rings. The van der Waals surface area contributed by atoms with Crippen LogP contribution in [0.1, 0.15) is 80.6 Å². The van der Waals surface area contributed by atoms with Gasteiger partial charge in [-0.1, -0.05) is 27.2 Å². The molecule has 10 heteroatoms. The Morgan fingerprint density at radius 3 is 2.25 bits per heavy atom. The number of hydrogen-bond acceptors (Lipinski definition) is 10. The van der Waals surface area contributed by atoms with Gasteiger partial charge < -0.3 is 28.4 Å². The van der Waals surface area contributed by atoms with Gasteiger partial charge in [-0.25, -0.2) is 9.63 Å². The number of ether oxygens (including phenoxy) is 7. The maximum absolute atomic E-state index is 13.5. The molecule has 0 amide bonds. The van der Waals surface area contributed by atoms with Crippen molar-refractivity contribution in [3.8, 4) is 0 Å². The van der Waals surface area contributed by atoms with E-state index in [-0.39, 0.29) is 30.1 Å². The van der Waals surface area contributed by atoms with Crippen LogP contribution in [0.15, 0.2) is 0 Å². The van der Waals surface area contributed by atoms with Crippen molar-refractivity contribution < 1.29 is 42.8 Å². The van der Waals surface area contributed by atoms with Gasteiger partial charge in [-0.2, -0.15) is 0 Å². The van der Waals surface area contributed by atoms with Gasteiger partial charge in [0, 0.05) is 24.8 Å². The average Bonchev–Trinajstić information content (AvgIpc) is 3.52. The molecule has 10 nitrogen and oxygen atoms in total. The van der Waals surface area contributed by atoms with Gasteiger partial charge in [0.2, 0.25) is 5.79 Å². The number of hydrogen-bond donors (Lipinski definition) is 0. The van der Waals surface area contributed by atoms with Crippen molar-refractivity contribution in [3.05, 3.63) is 0 Å².